The van der Waals surface area contributed by atoms with E-state index in [0.717, 1.165) is 24.8 Å². The molecule has 1 aromatic rings. The van der Waals surface area contributed by atoms with Gasteiger partial charge in [-0.05, 0) is 50.5 Å². The van der Waals surface area contributed by atoms with E-state index in [1.54, 1.807) is 0 Å². The molecule has 1 rings (SSSR count). The molecule has 0 amide bonds. The van der Waals surface area contributed by atoms with Gasteiger partial charge in [-0.15, -0.1) is 0 Å². The number of anilines is 1. The van der Waals surface area contributed by atoms with Crippen LogP contribution in [0.4, 0.5) is 5.69 Å². The summed E-state index contributed by atoms with van der Waals surface area (Å²) in [5.74, 6) is 1.77. The van der Waals surface area contributed by atoms with Crippen molar-refractivity contribution >= 4 is 18.3 Å². The fourth-order valence-corrected chi connectivity index (χ4v) is 2.41. The lowest BCUT2D eigenvalue weighted by molar-refractivity contribution is 0.517. The van der Waals surface area contributed by atoms with Gasteiger partial charge in [0, 0.05) is 18.8 Å². The molecule has 0 bridgehead atoms. The molecule has 96 valence electrons. The highest BCUT2D eigenvalue weighted by Gasteiger charge is 2.07. The molecule has 0 radical (unpaired) electrons. The molecule has 0 heterocycles. The third-order valence-corrected chi connectivity index (χ3v) is 3.55. The minimum Gasteiger partial charge on any atom is -0.372 e. The zero-order chi connectivity index (χ0) is 12.7. The smallest absolute Gasteiger partial charge is 0.0366 e. The Kier molecular flexibility index (Phi) is 6.49. The van der Waals surface area contributed by atoms with Gasteiger partial charge in [-0.25, -0.2) is 0 Å². The van der Waals surface area contributed by atoms with Crippen molar-refractivity contribution in [2.45, 2.75) is 33.6 Å². The fraction of sp³-hybridized carbons (Fsp3) is 0.600. The molecule has 0 spiro atoms. The van der Waals surface area contributed by atoms with Crippen LogP contribution in [0.1, 0.15) is 32.3 Å². The molecular weight excluding hydrogens is 226 g/mol. The number of hydrogen-bond acceptors (Lipinski definition) is 2. The van der Waals surface area contributed by atoms with E-state index < -0.39 is 0 Å². The van der Waals surface area contributed by atoms with Crippen LogP contribution < -0.4 is 4.90 Å². The summed E-state index contributed by atoms with van der Waals surface area (Å²) in [5, 5.41) is 0. The normalized spacial score (nSPS) is 12.5. The minimum absolute atomic E-state index is 0.770. The van der Waals surface area contributed by atoms with E-state index >= 15 is 0 Å². The molecule has 0 aromatic heterocycles. The topological polar surface area (TPSA) is 3.24 Å². The molecule has 0 aliphatic rings. The molecule has 1 atom stereocenters. The van der Waals surface area contributed by atoms with E-state index in [9.17, 15) is 0 Å². The Morgan fingerprint density at radius 1 is 1.18 bits per heavy atom. The van der Waals surface area contributed by atoms with Crippen LogP contribution in [0.3, 0.4) is 0 Å². The van der Waals surface area contributed by atoms with Gasteiger partial charge in [0.2, 0.25) is 0 Å². The Bertz CT molecular complexity index is 307. The van der Waals surface area contributed by atoms with E-state index in [-0.39, 0.29) is 0 Å². The number of benzene rings is 1. The minimum atomic E-state index is 0.770. The van der Waals surface area contributed by atoms with Gasteiger partial charge >= 0.3 is 0 Å². The predicted molar refractivity (Wildman–Crippen MR) is 81.3 cm³/mol. The SMILES string of the molecule is CCN(CCC(C)CCS)c1ccc(C)cc1. The van der Waals surface area contributed by atoms with Crippen LogP contribution in [-0.4, -0.2) is 18.8 Å². The van der Waals surface area contributed by atoms with Gasteiger partial charge in [0.25, 0.3) is 0 Å². The molecule has 0 aliphatic heterocycles. The van der Waals surface area contributed by atoms with Gasteiger partial charge in [-0.1, -0.05) is 24.6 Å². The lowest BCUT2D eigenvalue weighted by Gasteiger charge is -2.24. The van der Waals surface area contributed by atoms with E-state index in [0.29, 0.717) is 0 Å². The number of nitrogens with zero attached hydrogens (tertiary/aromatic N) is 1. The maximum Gasteiger partial charge on any atom is 0.0366 e. The van der Waals surface area contributed by atoms with E-state index in [4.69, 9.17) is 0 Å². The molecule has 2 heteroatoms. The summed E-state index contributed by atoms with van der Waals surface area (Å²) in [6.07, 6.45) is 2.47. The van der Waals surface area contributed by atoms with Gasteiger partial charge < -0.3 is 4.90 Å². The van der Waals surface area contributed by atoms with E-state index in [1.165, 1.54) is 24.1 Å². The summed E-state index contributed by atoms with van der Waals surface area (Å²) in [7, 11) is 0. The second-order valence-corrected chi connectivity index (χ2v) is 5.27. The molecule has 0 saturated carbocycles. The number of rotatable bonds is 7. The summed E-state index contributed by atoms with van der Waals surface area (Å²) in [5.41, 5.74) is 2.67. The lowest BCUT2D eigenvalue weighted by Crippen LogP contribution is -2.25. The zero-order valence-corrected chi connectivity index (χ0v) is 12.2. The van der Waals surface area contributed by atoms with Crippen molar-refractivity contribution < 1.29 is 0 Å². The van der Waals surface area contributed by atoms with Crippen molar-refractivity contribution in [3.63, 3.8) is 0 Å². The van der Waals surface area contributed by atoms with Crippen LogP contribution >= 0.6 is 12.6 Å². The summed E-state index contributed by atoms with van der Waals surface area (Å²) in [6, 6.07) is 8.83. The Morgan fingerprint density at radius 3 is 2.35 bits per heavy atom. The first kappa shape index (κ1) is 14.4. The second-order valence-electron chi connectivity index (χ2n) is 4.82. The maximum atomic E-state index is 4.30. The standard InChI is InChI=1S/C15H25NS/c1-4-16(11-9-14(3)10-12-17)15-7-5-13(2)6-8-15/h5-8,14,17H,4,9-12H2,1-3H3. The first-order chi connectivity index (χ1) is 8.17. The Balaban J connectivity index is 2.51. The summed E-state index contributed by atoms with van der Waals surface area (Å²) in [4.78, 5) is 2.45. The number of thiol groups is 1. The van der Waals surface area contributed by atoms with Gasteiger partial charge in [-0.2, -0.15) is 12.6 Å². The molecule has 0 saturated heterocycles. The molecule has 17 heavy (non-hydrogen) atoms. The quantitative estimate of drug-likeness (QED) is 0.712. The third kappa shape index (κ3) is 5.03. The van der Waals surface area contributed by atoms with E-state index in [1.807, 2.05) is 0 Å². The average molecular weight is 251 g/mol. The van der Waals surface area contributed by atoms with Crippen LogP contribution in [-0.2, 0) is 0 Å². The highest BCUT2D eigenvalue weighted by atomic mass is 32.1. The van der Waals surface area contributed by atoms with Crippen molar-refractivity contribution in [1.82, 2.24) is 0 Å². The summed E-state index contributed by atoms with van der Waals surface area (Å²) < 4.78 is 0. The average Bonchev–Trinajstić information content (AvgIpc) is 2.32. The van der Waals surface area contributed by atoms with Gasteiger partial charge in [0.05, 0.1) is 0 Å². The largest absolute Gasteiger partial charge is 0.372 e. The Morgan fingerprint density at radius 2 is 1.82 bits per heavy atom. The summed E-state index contributed by atoms with van der Waals surface area (Å²) in [6.45, 7) is 8.91. The number of hydrogen-bond donors (Lipinski definition) is 1. The third-order valence-electron chi connectivity index (χ3n) is 3.29. The van der Waals surface area contributed by atoms with Crippen molar-refractivity contribution in [2.75, 3.05) is 23.7 Å². The monoisotopic (exact) mass is 251 g/mol. The Hall–Kier alpha value is -0.630. The first-order valence-electron chi connectivity index (χ1n) is 6.59. The van der Waals surface area contributed by atoms with Crippen LogP contribution in [0.2, 0.25) is 0 Å². The maximum absolute atomic E-state index is 4.30. The molecule has 1 nitrogen and oxygen atoms in total. The van der Waals surface area contributed by atoms with Crippen molar-refractivity contribution in [3.8, 4) is 0 Å². The summed E-state index contributed by atoms with van der Waals surface area (Å²) >= 11 is 4.30. The zero-order valence-electron chi connectivity index (χ0n) is 11.3. The van der Waals surface area contributed by atoms with Crippen LogP contribution in [0.25, 0.3) is 0 Å². The van der Waals surface area contributed by atoms with Crippen LogP contribution in [0, 0.1) is 12.8 Å². The molecular formula is C15H25NS. The van der Waals surface area contributed by atoms with Crippen LogP contribution in [0.15, 0.2) is 24.3 Å². The highest BCUT2D eigenvalue weighted by Crippen LogP contribution is 2.17. The van der Waals surface area contributed by atoms with E-state index in [2.05, 4.69) is 62.6 Å². The van der Waals surface area contributed by atoms with Gasteiger partial charge in [0.15, 0.2) is 0 Å². The second kappa shape index (κ2) is 7.65. The Labute approximate surface area is 112 Å². The van der Waals surface area contributed by atoms with Crippen molar-refractivity contribution in [3.05, 3.63) is 29.8 Å². The van der Waals surface area contributed by atoms with Crippen LogP contribution in [0.5, 0.6) is 0 Å². The van der Waals surface area contributed by atoms with Gasteiger partial charge in [-0.3, -0.25) is 0 Å². The van der Waals surface area contributed by atoms with Gasteiger partial charge in [0.1, 0.15) is 0 Å². The molecule has 0 fully saturated rings. The highest BCUT2D eigenvalue weighted by molar-refractivity contribution is 7.80. The molecule has 1 unspecified atom stereocenters. The predicted octanol–water partition coefficient (Wildman–Crippen LogP) is 4.17. The molecule has 0 aliphatic carbocycles. The fourth-order valence-electron chi connectivity index (χ4n) is 1.97. The first-order valence-corrected chi connectivity index (χ1v) is 7.23. The molecule has 1 aromatic carbocycles. The van der Waals surface area contributed by atoms with Crippen molar-refractivity contribution in [2.24, 2.45) is 5.92 Å². The van der Waals surface area contributed by atoms with Crippen molar-refractivity contribution in [1.29, 1.82) is 0 Å². The molecule has 0 N–H and O–H groups in total. The number of aryl methyl sites for hydroxylation is 1. The lowest BCUT2D eigenvalue weighted by atomic mass is 10.0.